The maximum absolute atomic E-state index is 3.74. The monoisotopic (exact) mass is 354 g/mol. The van der Waals surface area contributed by atoms with Crippen LogP contribution in [0.1, 0.15) is 52.7 Å². The quantitative estimate of drug-likeness (QED) is 0.720. The average Bonchev–Trinajstić information content (AvgIpc) is 2.37. The van der Waals surface area contributed by atoms with E-state index < -0.39 is 0 Å². The van der Waals surface area contributed by atoms with Gasteiger partial charge in [-0.25, -0.2) is 0 Å². The zero-order valence-corrected chi connectivity index (χ0v) is 16.0. The molecular weight excluding hydrogens is 324 g/mol. The van der Waals surface area contributed by atoms with Crippen molar-refractivity contribution in [2.24, 2.45) is 5.92 Å². The zero-order valence-electron chi connectivity index (χ0n) is 14.4. The first kappa shape index (κ1) is 18.7. The van der Waals surface area contributed by atoms with Crippen LogP contribution in [0.4, 0.5) is 0 Å². The molecule has 0 bridgehead atoms. The lowest BCUT2D eigenvalue weighted by Crippen LogP contribution is -2.33. The summed E-state index contributed by atoms with van der Waals surface area (Å²) in [5, 5.41) is 3.46. The van der Waals surface area contributed by atoms with Crippen LogP contribution in [0.5, 0.6) is 0 Å². The van der Waals surface area contributed by atoms with Gasteiger partial charge in [-0.2, -0.15) is 0 Å². The molecule has 0 atom stereocenters. The molecule has 21 heavy (non-hydrogen) atoms. The lowest BCUT2D eigenvalue weighted by atomic mass is 10.1. The summed E-state index contributed by atoms with van der Waals surface area (Å²) < 4.78 is 1.22. The molecular formula is C18H31BrN2. The molecule has 3 heteroatoms. The first-order valence-corrected chi connectivity index (χ1v) is 8.83. The first-order chi connectivity index (χ1) is 9.79. The third-order valence-corrected chi connectivity index (χ3v) is 4.27. The van der Waals surface area contributed by atoms with Crippen LogP contribution in [-0.2, 0) is 13.1 Å². The van der Waals surface area contributed by atoms with Crippen LogP contribution < -0.4 is 5.32 Å². The highest BCUT2D eigenvalue weighted by Crippen LogP contribution is 2.22. The second-order valence-corrected chi connectivity index (χ2v) is 7.73. The summed E-state index contributed by atoms with van der Waals surface area (Å²) in [5.41, 5.74) is 2.71. The van der Waals surface area contributed by atoms with Gasteiger partial charge in [-0.1, -0.05) is 55.8 Å². The number of nitrogens with one attached hydrogen (secondary N) is 1. The van der Waals surface area contributed by atoms with Crippen molar-refractivity contribution in [3.63, 3.8) is 0 Å². The Bertz CT molecular complexity index is 427. The maximum Gasteiger partial charge on any atom is 0.0247 e. The lowest BCUT2D eigenvalue weighted by Gasteiger charge is -2.28. The topological polar surface area (TPSA) is 15.3 Å². The van der Waals surface area contributed by atoms with Crippen molar-refractivity contribution in [3.8, 4) is 0 Å². The summed E-state index contributed by atoms with van der Waals surface area (Å²) in [6.07, 6.45) is 0. The third-order valence-electron chi connectivity index (χ3n) is 3.54. The van der Waals surface area contributed by atoms with Crippen molar-refractivity contribution in [3.05, 3.63) is 33.8 Å². The molecule has 2 nitrogen and oxygen atoms in total. The van der Waals surface area contributed by atoms with Gasteiger partial charge >= 0.3 is 0 Å². The molecule has 0 aromatic heterocycles. The minimum absolute atomic E-state index is 0.519. The Morgan fingerprint density at radius 3 is 2.24 bits per heavy atom. The summed E-state index contributed by atoms with van der Waals surface area (Å²) in [5.74, 6) is 0.695. The highest BCUT2D eigenvalue weighted by atomic mass is 79.9. The van der Waals surface area contributed by atoms with E-state index in [0.717, 1.165) is 19.6 Å². The normalized spacial score (nSPS) is 12.1. The molecule has 0 heterocycles. The van der Waals surface area contributed by atoms with Crippen LogP contribution in [0.15, 0.2) is 22.7 Å². The predicted octanol–water partition coefficient (Wildman–Crippen LogP) is 4.81. The van der Waals surface area contributed by atoms with Crippen molar-refractivity contribution in [1.29, 1.82) is 0 Å². The third kappa shape index (κ3) is 6.94. The average molecular weight is 355 g/mol. The van der Waals surface area contributed by atoms with Crippen molar-refractivity contribution >= 4 is 15.9 Å². The van der Waals surface area contributed by atoms with Crippen molar-refractivity contribution in [2.75, 3.05) is 6.54 Å². The smallest absolute Gasteiger partial charge is 0.0247 e. The second kappa shape index (κ2) is 8.92. The van der Waals surface area contributed by atoms with Crippen molar-refractivity contribution in [1.82, 2.24) is 10.2 Å². The van der Waals surface area contributed by atoms with Crippen LogP contribution in [0, 0.1) is 5.92 Å². The molecule has 1 N–H and O–H groups in total. The number of hydrogen-bond donors (Lipinski definition) is 1. The van der Waals surface area contributed by atoms with Gasteiger partial charge in [0.1, 0.15) is 0 Å². The summed E-state index contributed by atoms with van der Waals surface area (Å²) in [4.78, 5) is 2.54. The molecule has 0 spiro atoms. The Kier molecular flexibility index (Phi) is 7.93. The standard InChI is InChI=1S/C18H31BrN2/c1-13(2)11-21(15(5)6)12-17-8-7-16(9-18(17)19)10-20-14(3)4/h7-9,13-15,20H,10-12H2,1-6H3. The number of rotatable bonds is 8. The summed E-state index contributed by atoms with van der Waals surface area (Å²) >= 11 is 3.74. The molecule has 0 radical (unpaired) electrons. The van der Waals surface area contributed by atoms with Gasteiger partial charge < -0.3 is 5.32 Å². The fraction of sp³-hybridized carbons (Fsp3) is 0.667. The van der Waals surface area contributed by atoms with E-state index in [1.54, 1.807) is 0 Å². The van der Waals surface area contributed by atoms with Gasteiger partial charge in [0, 0.05) is 36.2 Å². The van der Waals surface area contributed by atoms with Gasteiger partial charge in [0.2, 0.25) is 0 Å². The number of hydrogen-bond acceptors (Lipinski definition) is 2. The van der Waals surface area contributed by atoms with Gasteiger partial charge in [0.05, 0.1) is 0 Å². The van der Waals surface area contributed by atoms with Crippen molar-refractivity contribution < 1.29 is 0 Å². The largest absolute Gasteiger partial charge is 0.310 e. The Labute approximate surface area is 139 Å². The number of benzene rings is 1. The molecule has 0 amide bonds. The molecule has 0 saturated carbocycles. The van der Waals surface area contributed by atoms with Gasteiger partial charge in [-0.05, 0) is 37.0 Å². The molecule has 0 unspecified atom stereocenters. The van der Waals surface area contributed by atoms with Gasteiger partial charge in [-0.3, -0.25) is 4.90 Å². The SMILES string of the molecule is CC(C)CN(Cc1ccc(CNC(C)C)cc1Br)C(C)C. The summed E-state index contributed by atoms with van der Waals surface area (Å²) in [7, 11) is 0. The fourth-order valence-electron chi connectivity index (χ4n) is 2.30. The number of halogens is 1. The van der Waals surface area contributed by atoms with Gasteiger partial charge in [0.25, 0.3) is 0 Å². The van der Waals surface area contributed by atoms with E-state index in [1.807, 2.05) is 0 Å². The predicted molar refractivity (Wildman–Crippen MR) is 96.5 cm³/mol. The van der Waals surface area contributed by atoms with E-state index in [-0.39, 0.29) is 0 Å². The Balaban J connectivity index is 2.74. The number of nitrogens with zero attached hydrogens (tertiary/aromatic N) is 1. The highest BCUT2D eigenvalue weighted by molar-refractivity contribution is 9.10. The first-order valence-electron chi connectivity index (χ1n) is 8.04. The van der Waals surface area contributed by atoms with Crippen molar-refractivity contribution in [2.45, 2.75) is 66.7 Å². The van der Waals surface area contributed by atoms with Crippen LogP contribution in [0.3, 0.4) is 0 Å². The van der Waals surface area contributed by atoms with E-state index in [2.05, 4.69) is 85.9 Å². The molecule has 0 fully saturated rings. The van der Waals surface area contributed by atoms with Crippen LogP contribution in [-0.4, -0.2) is 23.5 Å². The van der Waals surface area contributed by atoms with E-state index in [0.29, 0.717) is 18.0 Å². The Morgan fingerprint density at radius 2 is 1.76 bits per heavy atom. The second-order valence-electron chi connectivity index (χ2n) is 6.88. The molecule has 0 aliphatic rings. The Hall–Kier alpha value is -0.380. The lowest BCUT2D eigenvalue weighted by molar-refractivity contribution is 0.189. The fourth-order valence-corrected chi connectivity index (χ4v) is 2.85. The van der Waals surface area contributed by atoms with Gasteiger partial charge in [0.15, 0.2) is 0 Å². The zero-order chi connectivity index (χ0) is 16.0. The molecule has 0 saturated heterocycles. The van der Waals surface area contributed by atoms with Crippen LogP contribution >= 0.6 is 15.9 Å². The van der Waals surface area contributed by atoms with E-state index in [4.69, 9.17) is 0 Å². The molecule has 1 rings (SSSR count). The minimum Gasteiger partial charge on any atom is -0.310 e. The molecule has 1 aromatic carbocycles. The van der Waals surface area contributed by atoms with E-state index in [9.17, 15) is 0 Å². The van der Waals surface area contributed by atoms with Crippen LogP contribution in [0.2, 0.25) is 0 Å². The molecule has 0 aliphatic carbocycles. The van der Waals surface area contributed by atoms with Gasteiger partial charge in [-0.15, -0.1) is 0 Å². The summed E-state index contributed by atoms with van der Waals surface area (Å²) in [6, 6.07) is 7.84. The highest BCUT2D eigenvalue weighted by Gasteiger charge is 2.13. The summed E-state index contributed by atoms with van der Waals surface area (Å²) in [6.45, 7) is 16.5. The molecule has 120 valence electrons. The van der Waals surface area contributed by atoms with E-state index in [1.165, 1.54) is 15.6 Å². The minimum atomic E-state index is 0.519. The molecule has 0 aliphatic heterocycles. The van der Waals surface area contributed by atoms with Crippen LogP contribution in [0.25, 0.3) is 0 Å². The maximum atomic E-state index is 3.74. The van der Waals surface area contributed by atoms with E-state index >= 15 is 0 Å². The molecule has 1 aromatic rings. The Morgan fingerprint density at radius 1 is 1.10 bits per heavy atom.